The minimum absolute atomic E-state index is 0.172. The fourth-order valence-electron chi connectivity index (χ4n) is 2.62. The van der Waals surface area contributed by atoms with Gasteiger partial charge in [0, 0.05) is 0 Å². The van der Waals surface area contributed by atoms with Crippen LogP contribution in [0.3, 0.4) is 0 Å². The first kappa shape index (κ1) is 16.7. The molecule has 0 aliphatic heterocycles. The number of methoxy groups -OCH3 is 1. The molecule has 6 heteroatoms. The highest BCUT2D eigenvalue weighted by Crippen LogP contribution is 2.15. The Bertz CT molecular complexity index is 926. The van der Waals surface area contributed by atoms with Crippen molar-refractivity contribution >= 4 is 22.7 Å². The number of benzene rings is 2. The van der Waals surface area contributed by atoms with Crippen molar-refractivity contribution in [3.63, 3.8) is 0 Å². The van der Waals surface area contributed by atoms with Crippen LogP contribution >= 0.6 is 0 Å². The number of para-hydroxylation sites is 2. The van der Waals surface area contributed by atoms with Gasteiger partial charge in [0.05, 0.1) is 23.9 Å². The Labute approximate surface area is 146 Å². The molecule has 3 rings (SSSR count). The number of hydrazone groups is 1. The summed E-state index contributed by atoms with van der Waals surface area (Å²) in [4.78, 5) is 16.7. The van der Waals surface area contributed by atoms with Crippen LogP contribution < -0.4 is 10.2 Å². The number of nitrogens with one attached hydrogen (secondary N) is 1. The number of carbonyl (C=O) groups is 1. The van der Waals surface area contributed by atoms with Crippen molar-refractivity contribution in [1.82, 2.24) is 15.0 Å². The molecule has 0 spiro atoms. The van der Waals surface area contributed by atoms with Crippen molar-refractivity contribution in [2.75, 3.05) is 7.11 Å². The Hall–Kier alpha value is -3.15. The molecular formula is C19H20N4O2. The second-order valence-electron chi connectivity index (χ2n) is 5.69. The molecule has 1 amide bonds. The van der Waals surface area contributed by atoms with Crippen molar-refractivity contribution in [2.24, 2.45) is 5.10 Å². The summed E-state index contributed by atoms with van der Waals surface area (Å²) < 4.78 is 7.01. The van der Waals surface area contributed by atoms with Gasteiger partial charge in [-0.25, -0.2) is 10.4 Å². The molecule has 0 aliphatic carbocycles. The third-order valence-electron chi connectivity index (χ3n) is 4.00. The minimum atomic E-state index is -0.195. The highest BCUT2D eigenvalue weighted by atomic mass is 16.5. The summed E-state index contributed by atoms with van der Waals surface area (Å²) in [5, 5.41) is 4.18. The number of fused-ring (bicyclic) bond motifs is 1. The van der Waals surface area contributed by atoms with E-state index in [1.165, 1.54) is 0 Å². The predicted octanol–water partition coefficient (Wildman–Crippen LogP) is 2.89. The molecule has 1 N–H and O–H groups in total. The third kappa shape index (κ3) is 3.68. The molecule has 3 aromatic rings. The molecule has 0 unspecified atom stereocenters. The van der Waals surface area contributed by atoms with Crippen LogP contribution in [0.25, 0.3) is 11.0 Å². The number of amides is 1. The summed E-state index contributed by atoms with van der Waals surface area (Å²) >= 11 is 0. The molecule has 128 valence electrons. The summed E-state index contributed by atoms with van der Waals surface area (Å²) in [7, 11) is 1.62. The Morgan fingerprint density at radius 1 is 1.20 bits per heavy atom. The number of rotatable bonds is 5. The maximum atomic E-state index is 12.3. The van der Waals surface area contributed by atoms with Crippen molar-refractivity contribution in [3.8, 4) is 5.75 Å². The summed E-state index contributed by atoms with van der Waals surface area (Å²) in [5.74, 6) is 1.38. The summed E-state index contributed by atoms with van der Waals surface area (Å²) in [5.41, 5.74) is 6.07. The molecule has 1 heterocycles. The monoisotopic (exact) mass is 336 g/mol. The zero-order valence-corrected chi connectivity index (χ0v) is 14.5. The van der Waals surface area contributed by atoms with Gasteiger partial charge in [0.15, 0.2) is 0 Å². The normalized spacial score (nSPS) is 11.6. The lowest BCUT2D eigenvalue weighted by Crippen LogP contribution is -2.24. The molecule has 0 saturated carbocycles. The molecule has 0 saturated heterocycles. The van der Waals surface area contributed by atoms with Gasteiger partial charge in [-0.2, -0.15) is 5.10 Å². The fraction of sp³-hybridized carbons (Fsp3) is 0.211. The van der Waals surface area contributed by atoms with Crippen molar-refractivity contribution in [3.05, 3.63) is 59.9 Å². The van der Waals surface area contributed by atoms with Crippen LogP contribution in [-0.4, -0.2) is 28.3 Å². The van der Waals surface area contributed by atoms with Crippen LogP contribution in [0.15, 0.2) is 53.6 Å². The highest BCUT2D eigenvalue weighted by molar-refractivity contribution is 5.99. The molecule has 0 radical (unpaired) electrons. The summed E-state index contributed by atoms with van der Waals surface area (Å²) in [6.45, 7) is 3.91. The standard InChI is InChI=1S/C19H20N4O2/c1-13(15-8-10-16(25-3)11-9-15)21-22-19(24)12-23-14(2)20-17-6-4-5-7-18(17)23/h4-11H,12H2,1-3H3,(H,22,24)/b21-13+. The number of hydrogen-bond acceptors (Lipinski definition) is 4. The molecule has 0 aliphatic rings. The SMILES string of the molecule is COc1ccc(/C(C)=N/NC(=O)Cn2c(C)nc3ccccc32)cc1. The summed E-state index contributed by atoms with van der Waals surface area (Å²) in [6, 6.07) is 15.3. The molecule has 0 bridgehead atoms. The predicted molar refractivity (Wildman–Crippen MR) is 97.8 cm³/mol. The Balaban J connectivity index is 1.70. The van der Waals surface area contributed by atoms with Gasteiger partial charge in [-0.15, -0.1) is 0 Å². The van der Waals surface area contributed by atoms with E-state index in [4.69, 9.17) is 4.74 Å². The van der Waals surface area contributed by atoms with Gasteiger partial charge in [-0.1, -0.05) is 12.1 Å². The smallest absolute Gasteiger partial charge is 0.260 e. The van der Waals surface area contributed by atoms with E-state index in [0.717, 1.165) is 33.9 Å². The Morgan fingerprint density at radius 2 is 1.92 bits per heavy atom. The van der Waals surface area contributed by atoms with Gasteiger partial charge in [-0.05, 0) is 55.8 Å². The van der Waals surface area contributed by atoms with Gasteiger partial charge >= 0.3 is 0 Å². The average Bonchev–Trinajstić information content (AvgIpc) is 2.95. The first-order chi connectivity index (χ1) is 12.1. The lowest BCUT2D eigenvalue weighted by Gasteiger charge is -2.07. The van der Waals surface area contributed by atoms with Gasteiger partial charge in [-0.3, -0.25) is 4.79 Å². The Kier molecular flexibility index (Phi) is 4.79. The molecule has 0 fully saturated rings. The van der Waals surface area contributed by atoms with Gasteiger partial charge < -0.3 is 9.30 Å². The van der Waals surface area contributed by atoms with E-state index in [2.05, 4.69) is 15.5 Å². The number of hydrogen-bond donors (Lipinski definition) is 1. The maximum Gasteiger partial charge on any atom is 0.260 e. The van der Waals surface area contributed by atoms with Crippen LogP contribution in [0.5, 0.6) is 5.75 Å². The summed E-state index contributed by atoms with van der Waals surface area (Å²) in [6.07, 6.45) is 0. The number of aryl methyl sites for hydroxylation is 1. The number of nitrogens with zero attached hydrogens (tertiary/aromatic N) is 3. The highest BCUT2D eigenvalue weighted by Gasteiger charge is 2.10. The molecular weight excluding hydrogens is 316 g/mol. The molecule has 25 heavy (non-hydrogen) atoms. The van der Waals surface area contributed by atoms with E-state index in [0.29, 0.717) is 0 Å². The number of aromatic nitrogens is 2. The second-order valence-corrected chi connectivity index (χ2v) is 5.69. The molecule has 2 aromatic carbocycles. The molecule has 6 nitrogen and oxygen atoms in total. The van der Waals surface area contributed by atoms with Gasteiger partial charge in [0.25, 0.3) is 5.91 Å². The third-order valence-corrected chi connectivity index (χ3v) is 4.00. The lowest BCUT2D eigenvalue weighted by molar-refractivity contribution is -0.121. The van der Waals surface area contributed by atoms with Crippen LogP contribution in [-0.2, 0) is 11.3 Å². The van der Waals surface area contributed by atoms with E-state index in [1.54, 1.807) is 7.11 Å². The average molecular weight is 336 g/mol. The van der Waals surface area contributed by atoms with E-state index in [1.807, 2.05) is 66.9 Å². The maximum absolute atomic E-state index is 12.3. The minimum Gasteiger partial charge on any atom is -0.497 e. The lowest BCUT2D eigenvalue weighted by atomic mass is 10.1. The van der Waals surface area contributed by atoms with Crippen LogP contribution in [0.1, 0.15) is 18.3 Å². The zero-order valence-electron chi connectivity index (χ0n) is 14.5. The first-order valence-electron chi connectivity index (χ1n) is 7.98. The largest absolute Gasteiger partial charge is 0.497 e. The molecule has 1 aromatic heterocycles. The van der Waals surface area contributed by atoms with Crippen LogP contribution in [0.2, 0.25) is 0 Å². The van der Waals surface area contributed by atoms with E-state index in [-0.39, 0.29) is 12.5 Å². The fourth-order valence-corrected chi connectivity index (χ4v) is 2.62. The van der Waals surface area contributed by atoms with E-state index >= 15 is 0 Å². The van der Waals surface area contributed by atoms with E-state index < -0.39 is 0 Å². The van der Waals surface area contributed by atoms with Gasteiger partial charge in [0.2, 0.25) is 0 Å². The topological polar surface area (TPSA) is 68.5 Å². The van der Waals surface area contributed by atoms with E-state index in [9.17, 15) is 4.79 Å². The second kappa shape index (κ2) is 7.17. The number of ether oxygens (including phenoxy) is 1. The van der Waals surface area contributed by atoms with Crippen molar-refractivity contribution in [2.45, 2.75) is 20.4 Å². The van der Waals surface area contributed by atoms with Crippen molar-refractivity contribution in [1.29, 1.82) is 0 Å². The van der Waals surface area contributed by atoms with Crippen molar-refractivity contribution < 1.29 is 9.53 Å². The van der Waals surface area contributed by atoms with Gasteiger partial charge in [0.1, 0.15) is 18.1 Å². The van der Waals surface area contributed by atoms with Crippen LogP contribution in [0.4, 0.5) is 0 Å². The quantitative estimate of drug-likeness (QED) is 0.575. The zero-order chi connectivity index (χ0) is 17.8. The number of carbonyl (C=O) groups excluding carboxylic acids is 1. The first-order valence-corrected chi connectivity index (χ1v) is 7.98. The Morgan fingerprint density at radius 3 is 2.64 bits per heavy atom. The van der Waals surface area contributed by atoms with Crippen LogP contribution in [0, 0.1) is 6.92 Å². The number of imidazole rings is 1. The molecule has 0 atom stereocenters.